The summed E-state index contributed by atoms with van der Waals surface area (Å²) >= 11 is 0. The van der Waals surface area contributed by atoms with E-state index in [1.807, 2.05) is 13.0 Å². The molecule has 1 heterocycles. The van der Waals surface area contributed by atoms with Gasteiger partial charge in [-0.05, 0) is 26.0 Å². The first-order valence-corrected chi connectivity index (χ1v) is 5.08. The zero-order valence-corrected chi connectivity index (χ0v) is 9.69. The molecule has 1 amide bonds. The highest BCUT2D eigenvalue weighted by atomic mass is 16.5. The fourth-order valence-corrected chi connectivity index (χ4v) is 1.29. The molecule has 0 aliphatic heterocycles. The van der Waals surface area contributed by atoms with Crippen molar-refractivity contribution in [3.8, 4) is 0 Å². The van der Waals surface area contributed by atoms with Gasteiger partial charge in [0.15, 0.2) is 0 Å². The summed E-state index contributed by atoms with van der Waals surface area (Å²) in [5, 5.41) is 11.7. The molecule has 2 unspecified atom stereocenters. The highest BCUT2D eigenvalue weighted by Crippen LogP contribution is 2.16. The Balaban J connectivity index is 2.71. The number of hydrogen-bond donors (Lipinski definition) is 2. The van der Waals surface area contributed by atoms with Crippen LogP contribution in [0.15, 0.2) is 16.5 Å². The van der Waals surface area contributed by atoms with E-state index in [1.54, 1.807) is 6.07 Å². The SMILES string of the molecule is COCC(NC(=O)C(C)O)c1ccc(C)o1. The van der Waals surface area contributed by atoms with Gasteiger partial charge in [-0.25, -0.2) is 0 Å². The van der Waals surface area contributed by atoms with Crippen molar-refractivity contribution in [2.45, 2.75) is 26.0 Å². The van der Waals surface area contributed by atoms with Gasteiger partial charge in [0.25, 0.3) is 0 Å². The number of hydrogen-bond acceptors (Lipinski definition) is 4. The maximum atomic E-state index is 11.3. The number of nitrogens with one attached hydrogen (secondary N) is 1. The molecular formula is C11H17NO4. The lowest BCUT2D eigenvalue weighted by molar-refractivity contribution is -0.129. The Morgan fingerprint density at radius 2 is 2.31 bits per heavy atom. The lowest BCUT2D eigenvalue weighted by Gasteiger charge is -2.16. The summed E-state index contributed by atoms with van der Waals surface area (Å²) in [7, 11) is 1.54. The van der Waals surface area contributed by atoms with Crippen LogP contribution < -0.4 is 5.32 Å². The van der Waals surface area contributed by atoms with Crippen LogP contribution >= 0.6 is 0 Å². The third-order valence-electron chi connectivity index (χ3n) is 2.13. The second-order valence-corrected chi connectivity index (χ2v) is 3.64. The van der Waals surface area contributed by atoms with Crippen molar-refractivity contribution in [3.05, 3.63) is 23.7 Å². The molecule has 1 aromatic rings. The second kappa shape index (κ2) is 5.67. The maximum absolute atomic E-state index is 11.3. The number of carbonyl (C=O) groups excluding carboxylic acids is 1. The molecule has 1 aromatic heterocycles. The number of rotatable bonds is 5. The quantitative estimate of drug-likeness (QED) is 0.779. The Bertz CT molecular complexity index is 346. The maximum Gasteiger partial charge on any atom is 0.249 e. The van der Waals surface area contributed by atoms with E-state index >= 15 is 0 Å². The topological polar surface area (TPSA) is 71.7 Å². The van der Waals surface area contributed by atoms with Gasteiger partial charge in [0.1, 0.15) is 23.7 Å². The summed E-state index contributed by atoms with van der Waals surface area (Å²) in [6.07, 6.45) is -1.05. The molecule has 0 aliphatic rings. The predicted octanol–water partition coefficient (Wildman–Crippen LogP) is 0.773. The van der Waals surface area contributed by atoms with Crippen LogP contribution in [0.4, 0.5) is 0 Å². The van der Waals surface area contributed by atoms with Crippen molar-refractivity contribution < 1.29 is 19.1 Å². The number of aryl methyl sites for hydroxylation is 1. The van der Waals surface area contributed by atoms with Gasteiger partial charge in [0.2, 0.25) is 5.91 Å². The van der Waals surface area contributed by atoms with Crippen molar-refractivity contribution in [3.63, 3.8) is 0 Å². The van der Waals surface area contributed by atoms with E-state index in [9.17, 15) is 4.79 Å². The Morgan fingerprint density at radius 3 is 2.75 bits per heavy atom. The zero-order valence-electron chi connectivity index (χ0n) is 9.69. The summed E-state index contributed by atoms with van der Waals surface area (Å²) in [6, 6.07) is 3.22. The average Bonchev–Trinajstić information content (AvgIpc) is 2.64. The van der Waals surface area contributed by atoms with Crippen LogP contribution in [0.1, 0.15) is 24.5 Å². The van der Waals surface area contributed by atoms with Gasteiger partial charge in [-0.1, -0.05) is 0 Å². The molecule has 0 fully saturated rings. The smallest absolute Gasteiger partial charge is 0.249 e. The van der Waals surface area contributed by atoms with E-state index < -0.39 is 12.0 Å². The average molecular weight is 227 g/mol. The molecular weight excluding hydrogens is 210 g/mol. The summed E-state index contributed by atoms with van der Waals surface area (Å²) in [6.45, 7) is 3.53. The Kier molecular flexibility index (Phi) is 4.52. The summed E-state index contributed by atoms with van der Waals surface area (Å²) in [4.78, 5) is 11.3. The van der Waals surface area contributed by atoms with Gasteiger partial charge in [-0.15, -0.1) is 0 Å². The summed E-state index contributed by atoms with van der Waals surface area (Å²) in [5.74, 6) is 0.937. The standard InChI is InChI=1S/C11H17NO4/c1-7-4-5-10(16-7)9(6-15-3)12-11(14)8(2)13/h4-5,8-9,13H,6H2,1-3H3,(H,12,14). The van der Waals surface area contributed by atoms with Crippen molar-refractivity contribution in [2.24, 2.45) is 0 Å². The first-order chi connectivity index (χ1) is 7.54. The fraction of sp³-hybridized carbons (Fsp3) is 0.545. The number of aliphatic hydroxyl groups is 1. The first kappa shape index (κ1) is 12.7. The molecule has 0 aromatic carbocycles. The minimum absolute atomic E-state index is 0.297. The molecule has 0 spiro atoms. The Morgan fingerprint density at radius 1 is 1.62 bits per heavy atom. The van der Waals surface area contributed by atoms with Crippen LogP contribution in [-0.2, 0) is 9.53 Å². The normalized spacial score (nSPS) is 14.5. The van der Waals surface area contributed by atoms with Crippen LogP contribution in [0.25, 0.3) is 0 Å². The van der Waals surface area contributed by atoms with E-state index in [4.69, 9.17) is 14.3 Å². The predicted molar refractivity (Wildman–Crippen MR) is 57.9 cm³/mol. The van der Waals surface area contributed by atoms with E-state index in [-0.39, 0.29) is 6.04 Å². The number of aliphatic hydroxyl groups excluding tert-OH is 1. The fourth-order valence-electron chi connectivity index (χ4n) is 1.29. The molecule has 0 bridgehead atoms. The first-order valence-electron chi connectivity index (χ1n) is 5.08. The number of furan rings is 1. The van der Waals surface area contributed by atoms with Gasteiger partial charge in [-0.2, -0.15) is 0 Å². The molecule has 0 radical (unpaired) electrons. The van der Waals surface area contributed by atoms with E-state index in [0.717, 1.165) is 5.76 Å². The van der Waals surface area contributed by atoms with Gasteiger partial charge in [0.05, 0.1) is 6.61 Å². The van der Waals surface area contributed by atoms with Crippen LogP contribution in [0.2, 0.25) is 0 Å². The highest BCUT2D eigenvalue weighted by molar-refractivity contribution is 5.80. The zero-order chi connectivity index (χ0) is 12.1. The number of ether oxygens (including phenoxy) is 1. The summed E-state index contributed by atoms with van der Waals surface area (Å²) < 4.78 is 10.4. The van der Waals surface area contributed by atoms with Crippen molar-refractivity contribution in [1.29, 1.82) is 0 Å². The number of methoxy groups -OCH3 is 1. The Labute approximate surface area is 94.4 Å². The molecule has 2 N–H and O–H groups in total. The van der Waals surface area contributed by atoms with E-state index in [1.165, 1.54) is 14.0 Å². The molecule has 2 atom stereocenters. The molecule has 0 aliphatic carbocycles. The van der Waals surface area contributed by atoms with E-state index in [0.29, 0.717) is 12.4 Å². The van der Waals surface area contributed by atoms with Crippen LogP contribution in [0.5, 0.6) is 0 Å². The van der Waals surface area contributed by atoms with Gasteiger partial charge < -0.3 is 19.6 Å². The lowest BCUT2D eigenvalue weighted by atomic mass is 10.2. The third kappa shape index (κ3) is 3.36. The van der Waals surface area contributed by atoms with Crippen LogP contribution in [-0.4, -0.2) is 30.8 Å². The molecule has 5 heteroatoms. The lowest BCUT2D eigenvalue weighted by Crippen LogP contribution is -2.37. The largest absolute Gasteiger partial charge is 0.464 e. The van der Waals surface area contributed by atoms with Gasteiger partial charge in [0, 0.05) is 7.11 Å². The van der Waals surface area contributed by atoms with E-state index in [2.05, 4.69) is 5.32 Å². The molecule has 16 heavy (non-hydrogen) atoms. The third-order valence-corrected chi connectivity index (χ3v) is 2.13. The highest BCUT2D eigenvalue weighted by Gasteiger charge is 2.19. The van der Waals surface area contributed by atoms with Crippen molar-refractivity contribution >= 4 is 5.91 Å². The monoisotopic (exact) mass is 227 g/mol. The summed E-state index contributed by atoms with van der Waals surface area (Å²) in [5.41, 5.74) is 0. The van der Waals surface area contributed by atoms with Crippen molar-refractivity contribution in [1.82, 2.24) is 5.32 Å². The minimum Gasteiger partial charge on any atom is -0.464 e. The molecule has 1 rings (SSSR count). The minimum atomic E-state index is -1.05. The number of carbonyl (C=O) groups is 1. The molecule has 90 valence electrons. The van der Waals surface area contributed by atoms with Crippen LogP contribution in [0, 0.1) is 6.92 Å². The number of amides is 1. The van der Waals surface area contributed by atoms with Gasteiger partial charge in [-0.3, -0.25) is 4.79 Å². The van der Waals surface area contributed by atoms with Crippen molar-refractivity contribution in [2.75, 3.05) is 13.7 Å². The Hall–Kier alpha value is -1.33. The van der Waals surface area contributed by atoms with Gasteiger partial charge >= 0.3 is 0 Å². The molecule has 0 saturated heterocycles. The van der Waals surface area contributed by atoms with Crippen LogP contribution in [0.3, 0.4) is 0 Å². The second-order valence-electron chi connectivity index (χ2n) is 3.64. The molecule has 5 nitrogen and oxygen atoms in total. The molecule has 0 saturated carbocycles.